The number of rotatable bonds is 4. The lowest BCUT2D eigenvalue weighted by atomic mass is 10.0. The zero-order valence-electron chi connectivity index (χ0n) is 11.1. The largest absolute Gasteiger partial charge is 0.390 e. The van der Waals surface area contributed by atoms with Gasteiger partial charge in [0, 0.05) is 20.0 Å². The molecule has 4 atom stereocenters. The minimum atomic E-state index is -0.943. The van der Waals surface area contributed by atoms with Crippen LogP contribution in [0.4, 0.5) is 5.82 Å². The van der Waals surface area contributed by atoms with Gasteiger partial charge in [-0.15, -0.1) is 0 Å². The van der Waals surface area contributed by atoms with Crippen LogP contribution in [0, 0.1) is 0 Å². The van der Waals surface area contributed by atoms with Crippen LogP contribution in [0.1, 0.15) is 6.42 Å². The molecule has 1 aromatic rings. The van der Waals surface area contributed by atoms with Crippen molar-refractivity contribution in [1.82, 2.24) is 10.2 Å². The number of aromatic amines is 1. The summed E-state index contributed by atoms with van der Waals surface area (Å²) in [4.78, 5) is 3.84. The van der Waals surface area contributed by atoms with Gasteiger partial charge in [-0.3, -0.25) is 10.1 Å². The van der Waals surface area contributed by atoms with E-state index in [0.29, 0.717) is 18.1 Å². The molecule has 8 nitrogen and oxygen atoms in total. The van der Waals surface area contributed by atoms with Crippen LogP contribution in [-0.2, 0) is 4.74 Å². The van der Waals surface area contributed by atoms with Gasteiger partial charge >= 0.3 is 0 Å². The van der Waals surface area contributed by atoms with E-state index in [9.17, 15) is 10.2 Å². The molecule has 0 aliphatic carbocycles. The minimum absolute atomic E-state index is 0.308. The number of amidine groups is 1. The molecule has 0 spiro atoms. The van der Waals surface area contributed by atoms with Crippen molar-refractivity contribution in [2.24, 2.45) is 10.7 Å². The summed E-state index contributed by atoms with van der Waals surface area (Å²) >= 11 is 1.24. The summed E-state index contributed by atoms with van der Waals surface area (Å²) < 4.78 is 5.74. The highest BCUT2D eigenvalue weighted by molar-refractivity contribution is 8.14. The standard InChI is InChI=1S/C11H19N5O3S/c1-13-11(12)20-9-4-6(17)10(18)7(19-9)5-14-8-2-3-15-16-8/h2-3,6-7,9-10,17-18H,4-5H2,1H3,(H2,12,13)(H2,14,15,16)/t6?,7?,9-,10+/m1/s1. The summed E-state index contributed by atoms with van der Waals surface area (Å²) in [5.74, 6) is 0.722. The monoisotopic (exact) mass is 301 g/mol. The molecule has 9 heteroatoms. The number of aliphatic imine (C=N–C) groups is 1. The highest BCUT2D eigenvalue weighted by Gasteiger charge is 2.37. The summed E-state index contributed by atoms with van der Waals surface area (Å²) in [5.41, 5.74) is 5.31. The maximum Gasteiger partial charge on any atom is 0.156 e. The number of aromatic nitrogens is 2. The molecule has 0 saturated carbocycles. The SMILES string of the molecule is CN=C(N)S[C@@H]1CC(O)[C@H](O)C(CNc2ccn[nH]2)O1. The highest BCUT2D eigenvalue weighted by atomic mass is 32.2. The Kier molecular flexibility index (Phi) is 5.24. The van der Waals surface area contributed by atoms with Crippen LogP contribution in [0.15, 0.2) is 17.3 Å². The molecule has 0 amide bonds. The maximum absolute atomic E-state index is 9.96. The number of nitrogens with two attached hydrogens (primary N) is 1. The molecule has 1 saturated heterocycles. The zero-order valence-corrected chi connectivity index (χ0v) is 11.9. The molecule has 2 rings (SSSR count). The molecule has 0 radical (unpaired) electrons. The maximum atomic E-state index is 9.96. The van der Waals surface area contributed by atoms with E-state index in [1.54, 1.807) is 19.3 Å². The smallest absolute Gasteiger partial charge is 0.156 e. The fraction of sp³-hybridized carbons (Fsp3) is 0.636. The zero-order chi connectivity index (χ0) is 14.5. The number of thioether (sulfide) groups is 1. The molecular formula is C11H19N5O3S. The molecule has 1 aliphatic heterocycles. The first kappa shape index (κ1) is 15.1. The summed E-state index contributed by atoms with van der Waals surface area (Å²) in [5, 5.41) is 29.8. The van der Waals surface area contributed by atoms with Crippen molar-refractivity contribution in [3.8, 4) is 0 Å². The third-order valence-electron chi connectivity index (χ3n) is 3.00. The Morgan fingerprint density at radius 2 is 2.50 bits per heavy atom. The predicted molar refractivity (Wildman–Crippen MR) is 77.5 cm³/mol. The number of H-pyrrole nitrogens is 1. The molecule has 1 fully saturated rings. The summed E-state index contributed by atoms with van der Waals surface area (Å²) in [6.45, 7) is 0.348. The topological polar surface area (TPSA) is 129 Å². The number of anilines is 1. The molecule has 1 aliphatic rings. The highest BCUT2D eigenvalue weighted by Crippen LogP contribution is 2.28. The van der Waals surface area contributed by atoms with Crippen LogP contribution < -0.4 is 11.1 Å². The summed E-state index contributed by atoms with van der Waals surface area (Å²) in [6, 6.07) is 1.76. The molecule has 0 bridgehead atoms. The van der Waals surface area contributed by atoms with Crippen molar-refractivity contribution < 1.29 is 14.9 Å². The fourth-order valence-electron chi connectivity index (χ4n) is 1.91. The number of aliphatic hydroxyl groups is 2. The van der Waals surface area contributed by atoms with Crippen LogP contribution in [0.3, 0.4) is 0 Å². The van der Waals surface area contributed by atoms with Crippen molar-refractivity contribution in [2.75, 3.05) is 18.9 Å². The van der Waals surface area contributed by atoms with Gasteiger partial charge in [-0.1, -0.05) is 11.8 Å². The van der Waals surface area contributed by atoms with E-state index in [-0.39, 0.29) is 5.44 Å². The average molecular weight is 301 g/mol. The second-order valence-corrected chi connectivity index (χ2v) is 5.61. The van der Waals surface area contributed by atoms with E-state index in [1.165, 1.54) is 11.8 Å². The number of ether oxygens (including phenoxy) is 1. The van der Waals surface area contributed by atoms with Crippen LogP contribution in [0.25, 0.3) is 0 Å². The predicted octanol–water partition coefficient (Wildman–Crippen LogP) is -0.664. The Morgan fingerprint density at radius 3 is 3.15 bits per heavy atom. The Labute approximate surface area is 120 Å². The Bertz CT molecular complexity index is 441. The van der Waals surface area contributed by atoms with Crippen LogP contribution in [-0.4, -0.2) is 62.9 Å². The van der Waals surface area contributed by atoms with Crippen molar-refractivity contribution in [3.63, 3.8) is 0 Å². The number of hydrogen-bond donors (Lipinski definition) is 5. The van der Waals surface area contributed by atoms with Gasteiger partial charge in [0.2, 0.25) is 0 Å². The van der Waals surface area contributed by atoms with Gasteiger partial charge in [-0.05, 0) is 6.07 Å². The summed E-state index contributed by atoms with van der Waals surface area (Å²) in [6.07, 6.45) is -0.402. The molecule has 6 N–H and O–H groups in total. The van der Waals surface area contributed by atoms with Crippen LogP contribution in [0.5, 0.6) is 0 Å². The molecule has 0 aromatic carbocycles. The average Bonchev–Trinajstić information content (AvgIpc) is 2.94. The van der Waals surface area contributed by atoms with Gasteiger partial charge in [0.1, 0.15) is 23.5 Å². The van der Waals surface area contributed by atoms with Crippen molar-refractivity contribution >= 4 is 22.7 Å². The molecule has 1 aromatic heterocycles. The van der Waals surface area contributed by atoms with Gasteiger partial charge in [-0.2, -0.15) is 5.10 Å². The Hall–Kier alpha value is -1.29. The number of hydrogen-bond acceptors (Lipinski definition) is 7. The normalized spacial score (nSPS) is 31.2. The van der Waals surface area contributed by atoms with E-state index in [0.717, 1.165) is 5.82 Å². The van der Waals surface area contributed by atoms with E-state index < -0.39 is 18.3 Å². The second-order valence-electron chi connectivity index (χ2n) is 4.43. The van der Waals surface area contributed by atoms with Gasteiger partial charge < -0.3 is 26.0 Å². The quantitative estimate of drug-likeness (QED) is 0.368. The molecule has 112 valence electrons. The summed E-state index contributed by atoms with van der Waals surface area (Å²) in [7, 11) is 1.59. The van der Waals surface area contributed by atoms with Gasteiger partial charge in [0.25, 0.3) is 0 Å². The van der Waals surface area contributed by atoms with Crippen molar-refractivity contribution in [3.05, 3.63) is 12.3 Å². The van der Waals surface area contributed by atoms with Gasteiger partial charge in [0.15, 0.2) is 5.17 Å². The first-order chi connectivity index (χ1) is 9.60. The molecule has 2 unspecified atom stereocenters. The van der Waals surface area contributed by atoms with Crippen molar-refractivity contribution in [2.45, 2.75) is 30.2 Å². The van der Waals surface area contributed by atoms with E-state index in [2.05, 4.69) is 20.5 Å². The lowest BCUT2D eigenvalue weighted by Crippen LogP contribution is -2.50. The van der Waals surface area contributed by atoms with Gasteiger partial charge in [-0.25, -0.2) is 0 Å². The van der Waals surface area contributed by atoms with E-state index >= 15 is 0 Å². The molecule has 20 heavy (non-hydrogen) atoms. The number of nitrogens with one attached hydrogen (secondary N) is 2. The minimum Gasteiger partial charge on any atom is -0.390 e. The Morgan fingerprint density at radius 1 is 1.70 bits per heavy atom. The Balaban J connectivity index is 1.91. The fourth-order valence-corrected chi connectivity index (χ4v) is 2.78. The third kappa shape index (κ3) is 3.85. The molecular weight excluding hydrogens is 282 g/mol. The van der Waals surface area contributed by atoms with E-state index in [4.69, 9.17) is 10.5 Å². The lowest BCUT2D eigenvalue weighted by Gasteiger charge is -2.36. The molecule has 2 heterocycles. The van der Waals surface area contributed by atoms with Crippen LogP contribution in [0.2, 0.25) is 0 Å². The lowest BCUT2D eigenvalue weighted by molar-refractivity contribution is -0.138. The number of nitrogens with zero attached hydrogens (tertiary/aromatic N) is 2. The third-order valence-corrected chi connectivity index (χ3v) is 3.99. The second kappa shape index (κ2) is 6.93. The van der Waals surface area contributed by atoms with Crippen molar-refractivity contribution in [1.29, 1.82) is 0 Å². The first-order valence-electron chi connectivity index (χ1n) is 6.24. The number of aliphatic hydroxyl groups excluding tert-OH is 2. The van der Waals surface area contributed by atoms with E-state index in [1.807, 2.05) is 0 Å². The van der Waals surface area contributed by atoms with Gasteiger partial charge in [0.05, 0.1) is 12.3 Å². The van der Waals surface area contributed by atoms with Crippen LogP contribution >= 0.6 is 11.8 Å². The first-order valence-corrected chi connectivity index (χ1v) is 7.12.